The Morgan fingerprint density at radius 3 is 0.483 bits per heavy atom. The fraction of sp³-hybridized carbons (Fsp3) is 0.778. The zero-order valence-electron chi connectivity index (χ0n) is 83.9. The van der Waals surface area contributed by atoms with Gasteiger partial charge in [-0.05, 0) is 57.8 Å². The number of amides is 7. The number of nitrogens with zero attached hydrogens (tertiary/aromatic N) is 20. The molecule has 0 aromatic rings. The smallest absolute Gasteiger partial charge is 0.549 e. The molecule has 55 nitrogen and oxygen atoms in total. The molecule has 7 amide bonds. The summed E-state index contributed by atoms with van der Waals surface area (Å²) in [5, 5.41) is 140. The molecule has 0 unspecified atom stereocenters. The third-order valence-electron chi connectivity index (χ3n) is 26.9. The van der Waals surface area contributed by atoms with Crippen LogP contribution in [-0.2, 0) is 95.9 Å². The van der Waals surface area contributed by atoms with Crippen molar-refractivity contribution in [3.8, 4) is 0 Å². The van der Waals surface area contributed by atoms with Crippen molar-refractivity contribution in [1.29, 1.82) is 0 Å². The monoisotopic (exact) mass is 2690 g/mol. The molecular weight excluding hydrogens is 2540 g/mol. The average molecular weight is 2690 g/mol. The van der Waals surface area contributed by atoms with E-state index in [0.29, 0.717) is 51.4 Å². The van der Waals surface area contributed by atoms with Crippen LogP contribution in [-0.4, -0.2) is 632 Å². The summed E-state index contributed by atoms with van der Waals surface area (Å²) in [5.74, 6) is -21.2. The Kier molecular flexibility index (Phi) is 64.4. The largest absolute Gasteiger partial charge is 3.00 e. The van der Waals surface area contributed by atoms with E-state index in [0.717, 1.165) is 0 Å². The fourth-order valence-electron chi connectivity index (χ4n) is 18.1. The molecular formula is C90H143Gd4N23O32+6. The molecule has 9 N–H and O–H groups in total. The van der Waals surface area contributed by atoms with Gasteiger partial charge in [0.15, 0.2) is 5.78 Å². The number of carbonyl (C=O) groups is 20. The normalized spacial score (nSPS) is 19.5. The zero-order valence-corrected chi connectivity index (χ0v) is 93.0. The first-order valence-corrected chi connectivity index (χ1v) is 49.4. The van der Waals surface area contributed by atoms with Crippen LogP contribution in [0.25, 0.3) is 0 Å². The third-order valence-corrected chi connectivity index (χ3v) is 26.9. The fourth-order valence-corrected chi connectivity index (χ4v) is 18.1. The molecule has 4 radical (unpaired) electrons. The average Bonchev–Trinajstić information content (AvgIpc) is 1.29. The minimum absolute atomic E-state index is 0. The second-order valence-corrected chi connectivity index (χ2v) is 38.9. The van der Waals surface area contributed by atoms with Gasteiger partial charge in [-0.25, -0.2) is 0 Å². The summed E-state index contributed by atoms with van der Waals surface area (Å²) in [6.45, 7) is -11.3. The van der Waals surface area contributed by atoms with Crippen LogP contribution in [0.2, 0.25) is 0 Å². The number of hydrogen-bond donors (Lipinski definition) is 9. The van der Waals surface area contributed by atoms with E-state index in [4.69, 9.17) is 0 Å². The minimum atomic E-state index is -1.76. The predicted molar refractivity (Wildman–Crippen MR) is 494 cm³/mol. The van der Waals surface area contributed by atoms with Crippen LogP contribution >= 0.6 is 0 Å². The number of ketones is 1. The van der Waals surface area contributed by atoms with Gasteiger partial charge in [-0.15, -0.1) is 0 Å². The quantitative estimate of drug-likeness (QED) is 0.0273. The molecule has 0 aromatic heterocycles. The predicted octanol–water partition coefficient (Wildman–Crippen LogP) is -18.5. The number of rotatable bonds is 53. The third kappa shape index (κ3) is 56.7. The van der Waals surface area contributed by atoms with Crippen LogP contribution in [0.15, 0.2) is 0 Å². The molecule has 149 heavy (non-hydrogen) atoms. The molecule has 8 fully saturated rings. The van der Waals surface area contributed by atoms with Crippen molar-refractivity contribution in [1.82, 2.24) is 114 Å². The SMILES string of the molecule is O=C([O-])CN1CCN(CC(=O)[O-])CCN(CC(=O)N(CC(=O)NCC(CCC(=O)CN(C(=O)CN2CCN(CC(=O)[O-])CCN(CC(=O)O)CCN(CC(=O)O)CC2)C2CC2)(CNC(=O)CN(C(=O)CN2CCN(CC(=O)[O-])CCN(CC(=O)[O-])CCN(CC(=O)O)CC2)C2CC2)CNC(=O)CN(C(=O)CN2CCN(CC(=O)[O-])CCN(CC(=O)O)CCN(CC(=O)O)CC2)C2CC2)C2CC2)CCN(CC(=O)O)CC1.[Gd+3].[Gd+3].[Gd+3].[Gd+3]. The van der Waals surface area contributed by atoms with Crippen LogP contribution in [0.5, 0.6) is 0 Å². The van der Waals surface area contributed by atoms with E-state index >= 15 is 38.4 Å². The van der Waals surface area contributed by atoms with Gasteiger partial charge in [0.1, 0.15) is 0 Å². The van der Waals surface area contributed by atoms with Gasteiger partial charge in [-0.1, -0.05) is 0 Å². The molecule has 836 valence electrons. The minimum Gasteiger partial charge on any atom is -0.549 e. The molecule has 8 rings (SSSR count). The van der Waals surface area contributed by atoms with Crippen molar-refractivity contribution in [2.24, 2.45) is 5.41 Å². The first kappa shape index (κ1) is 136. The molecule has 4 aliphatic carbocycles. The number of carbonyl (C=O) groups excluding carboxylic acids is 14. The first-order valence-electron chi connectivity index (χ1n) is 49.4. The Bertz CT molecular complexity index is 3750. The van der Waals surface area contributed by atoms with Crippen molar-refractivity contribution in [2.75, 3.05) is 360 Å². The van der Waals surface area contributed by atoms with Gasteiger partial charge in [-0.2, -0.15) is 0 Å². The summed E-state index contributed by atoms with van der Waals surface area (Å²) in [7, 11) is 0. The maximum absolute atomic E-state index is 15.3. The zero-order chi connectivity index (χ0) is 106. The van der Waals surface area contributed by atoms with Crippen LogP contribution < -0.4 is 46.6 Å². The number of hydrogen-bond acceptors (Lipinski definition) is 42. The summed E-state index contributed by atoms with van der Waals surface area (Å²) < 4.78 is 0. The number of carboxylic acid groups (broad SMARTS) is 12. The number of Topliss-reactive ketones (excluding diaryl/α,β-unsaturated/α-hetero) is 1. The Hall–Kier alpha value is -5.74. The van der Waals surface area contributed by atoms with E-state index in [-0.39, 0.29) is 382 Å². The maximum atomic E-state index is 15.3. The maximum Gasteiger partial charge on any atom is 3.00 e. The summed E-state index contributed by atoms with van der Waals surface area (Å²) in [5.41, 5.74) is -1.76. The van der Waals surface area contributed by atoms with Crippen molar-refractivity contribution in [2.45, 2.75) is 88.4 Å². The van der Waals surface area contributed by atoms with Crippen molar-refractivity contribution in [3.05, 3.63) is 0 Å². The molecule has 4 heterocycles. The Morgan fingerprint density at radius 1 is 0.215 bits per heavy atom. The molecule has 4 saturated heterocycles. The molecule has 0 aromatic carbocycles. The van der Waals surface area contributed by atoms with Crippen LogP contribution in [0.3, 0.4) is 0 Å². The first-order chi connectivity index (χ1) is 68.8. The molecule has 0 bridgehead atoms. The standard InChI is InChI=1S/C90H149N23O32.4Gd/c114-70(43-110(66-1-2-66)74(118)47-94-11-19-98(51-78(122)123)27-35-106(59-86(138)139)36-28-99(20-12-94)52-79(124)125)9-10-90(63-91-71(115)44-111(67-3-4-67)75(119)48-95-13-21-100(53-80(126)127)29-37-107(60-87(140)141)38-30-101(22-14-95)54-81(128)129,64-92-72(116)45-112(68-5-6-68)76(120)49-96-15-23-102(55-82(130)131)31-39-108(61-88(142)143)40-32-103(24-16-96)56-83(132)133)65-93-73(117)46-113(69-7-8-69)77(121)50-97-17-25-104(57-84(134)135)33-41-109(62-89(144)145)42-34-105(26-18-97)58-85(136)137;;;;/h66-69H,1-65H2,(H,91,115)(H,92,116)(H,93,117)(H,122,123)(H,124,125)(H,126,127)(H,128,129)(H,130,131)(H,132,133)(H,134,135)(H,136,137)(H,138,139)(H,140,141)(H,142,143)(H,144,145);;;;/q;4*+3/p-6. The van der Waals surface area contributed by atoms with Crippen molar-refractivity contribution >= 4 is 119 Å². The van der Waals surface area contributed by atoms with Gasteiger partial charge in [0.25, 0.3) is 0 Å². The van der Waals surface area contributed by atoms with Crippen molar-refractivity contribution in [3.63, 3.8) is 0 Å². The van der Waals surface area contributed by atoms with Gasteiger partial charge in [-0.3, -0.25) is 146 Å². The number of aliphatic carboxylic acids is 12. The number of carboxylic acids is 12. The molecule has 4 saturated carbocycles. The van der Waals surface area contributed by atoms with Gasteiger partial charge in [0.2, 0.25) is 41.4 Å². The van der Waals surface area contributed by atoms with E-state index in [9.17, 15) is 119 Å². The molecule has 0 spiro atoms. The molecule has 0 atom stereocenters. The summed E-state index contributed by atoms with van der Waals surface area (Å²) in [6.07, 6.45) is 2.56. The van der Waals surface area contributed by atoms with Gasteiger partial charge < -0.3 is 126 Å². The molecule has 59 heteroatoms. The van der Waals surface area contributed by atoms with E-state index in [2.05, 4.69) is 16.0 Å². The van der Waals surface area contributed by atoms with Crippen LogP contribution in [0, 0.1) is 165 Å². The van der Waals surface area contributed by atoms with Crippen LogP contribution in [0.4, 0.5) is 0 Å². The van der Waals surface area contributed by atoms with Crippen molar-refractivity contribution < 1.29 is 317 Å². The van der Waals surface area contributed by atoms with E-state index in [1.165, 1.54) is 63.7 Å². The van der Waals surface area contributed by atoms with Gasteiger partial charge in [0.05, 0.1) is 127 Å². The second kappa shape index (κ2) is 70.8. The summed E-state index contributed by atoms with van der Waals surface area (Å²) in [4.78, 5) is 296. The van der Waals surface area contributed by atoms with E-state index in [1.54, 1.807) is 34.3 Å². The van der Waals surface area contributed by atoms with Gasteiger partial charge >= 0.3 is 196 Å². The molecule has 8 aliphatic rings. The Morgan fingerprint density at radius 2 is 0.349 bits per heavy atom. The van der Waals surface area contributed by atoms with E-state index < -0.39 is 299 Å². The Labute approximate surface area is 993 Å². The number of nitrogens with one attached hydrogen (secondary N) is 3. The van der Waals surface area contributed by atoms with Crippen LogP contribution in [0.1, 0.15) is 64.2 Å². The Balaban J connectivity index is 0.0000116. The second-order valence-electron chi connectivity index (χ2n) is 38.9. The van der Waals surface area contributed by atoms with Gasteiger partial charge in [0, 0.05) is 304 Å². The topological polar surface area (TPSA) is 702 Å². The summed E-state index contributed by atoms with van der Waals surface area (Å²) >= 11 is 0. The van der Waals surface area contributed by atoms with E-state index in [1.807, 2.05) is 0 Å². The molecule has 4 aliphatic heterocycles. The summed E-state index contributed by atoms with van der Waals surface area (Å²) in [6, 6.07) is -2.05.